The molecular weight excluding hydrogens is 348 g/mol. The minimum absolute atomic E-state index is 0.0435. The Morgan fingerprint density at radius 2 is 1.54 bits per heavy atom. The number of nitrogens with one attached hydrogen (secondary N) is 2. The maximum absolute atomic E-state index is 12.4. The van der Waals surface area contributed by atoms with Crippen molar-refractivity contribution in [3.8, 4) is 0 Å². The molecule has 0 spiro atoms. The largest absolute Gasteiger partial charge is 0.273 e. The summed E-state index contributed by atoms with van der Waals surface area (Å²) in [5.41, 5.74) is 6.35. The van der Waals surface area contributed by atoms with Gasteiger partial charge in [0, 0.05) is 17.9 Å². The molecule has 0 heterocycles. The van der Waals surface area contributed by atoms with Gasteiger partial charge in [-0.2, -0.15) is 0 Å². The van der Waals surface area contributed by atoms with Crippen LogP contribution in [0.5, 0.6) is 0 Å². The molecular formula is C21H27ClN2O2. The predicted octanol–water partition coefficient (Wildman–Crippen LogP) is 4.03. The molecule has 4 aliphatic rings. The Balaban J connectivity index is 1.23. The van der Waals surface area contributed by atoms with Crippen LogP contribution in [-0.4, -0.2) is 11.8 Å². The van der Waals surface area contributed by atoms with Crippen LogP contribution in [0.4, 0.5) is 0 Å². The summed E-state index contributed by atoms with van der Waals surface area (Å²) in [7, 11) is 0. The van der Waals surface area contributed by atoms with Gasteiger partial charge in [0.1, 0.15) is 0 Å². The average molecular weight is 375 g/mol. The lowest BCUT2D eigenvalue weighted by Crippen LogP contribution is -2.50. The highest BCUT2D eigenvalue weighted by molar-refractivity contribution is 6.31. The molecule has 2 N–H and O–H groups in total. The van der Waals surface area contributed by atoms with Crippen LogP contribution in [0.3, 0.4) is 0 Å². The number of carbonyl (C=O) groups excluding carboxylic acids is 2. The second-order valence-corrected chi connectivity index (χ2v) is 9.19. The SMILES string of the molecule is O=C(CCc1ccccc1Cl)NNC(=O)CC12CC3CC(CC(C3)C1)C2. The number of halogens is 1. The highest BCUT2D eigenvalue weighted by Gasteiger charge is 2.51. The molecule has 4 aliphatic carbocycles. The summed E-state index contributed by atoms with van der Waals surface area (Å²) in [6.07, 6.45) is 9.16. The minimum atomic E-state index is -0.177. The number of hydrogen-bond donors (Lipinski definition) is 2. The summed E-state index contributed by atoms with van der Waals surface area (Å²) >= 11 is 6.11. The first kappa shape index (κ1) is 17.8. The van der Waals surface area contributed by atoms with Crippen LogP contribution >= 0.6 is 11.6 Å². The van der Waals surface area contributed by atoms with Gasteiger partial charge >= 0.3 is 0 Å². The number of benzene rings is 1. The monoisotopic (exact) mass is 374 g/mol. The van der Waals surface area contributed by atoms with Gasteiger partial charge in [0.2, 0.25) is 11.8 Å². The van der Waals surface area contributed by atoms with Gasteiger partial charge < -0.3 is 0 Å². The lowest BCUT2D eigenvalue weighted by molar-refractivity contribution is -0.134. The highest BCUT2D eigenvalue weighted by atomic mass is 35.5. The Morgan fingerprint density at radius 3 is 2.15 bits per heavy atom. The average Bonchev–Trinajstić information content (AvgIpc) is 2.57. The van der Waals surface area contributed by atoms with E-state index in [0.717, 1.165) is 23.3 Å². The number of rotatable bonds is 5. The zero-order chi connectivity index (χ0) is 18.1. The third-order valence-electron chi connectivity index (χ3n) is 6.62. The van der Waals surface area contributed by atoms with Gasteiger partial charge in [0.05, 0.1) is 0 Å². The van der Waals surface area contributed by atoms with Crippen LogP contribution < -0.4 is 10.9 Å². The maximum atomic E-state index is 12.4. The lowest BCUT2D eigenvalue weighted by Gasteiger charge is -2.56. The van der Waals surface area contributed by atoms with Gasteiger partial charge in [-0.3, -0.25) is 20.4 Å². The summed E-state index contributed by atoms with van der Waals surface area (Å²) in [5, 5.41) is 0.672. The Labute approximate surface area is 160 Å². The molecule has 1 aromatic rings. The van der Waals surface area contributed by atoms with E-state index in [9.17, 15) is 9.59 Å². The molecule has 0 aliphatic heterocycles. The van der Waals surface area contributed by atoms with Crippen LogP contribution in [-0.2, 0) is 16.0 Å². The number of carbonyl (C=O) groups is 2. The van der Waals surface area contributed by atoms with Crippen molar-refractivity contribution in [3.05, 3.63) is 34.9 Å². The molecule has 140 valence electrons. The zero-order valence-corrected chi connectivity index (χ0v) is 15.9. The summed E-state index contributed by atoms with van der Waals surface area (Å²) in [5.74, 6) is 2.28. The first-order valence-corrected chi connectivity index (χ1v) is 10.2. The summed E-state index contributed by atoms with van der Waals surface area (Å²) in [6, 6.07) is 7.52. The molecule has 26 heavy (non-hydrogen) atoms. The maximum Gasteiger partial charge on any atom is 0.238 e. The molecule has 5 heteroatoms. The lowest BCUT2D eigenvalue weighted by atomic mass is 9.49. The van der Waals surface area contributed by atoms with Crippen molar-refractivity contribution < 1.29 is 9.59 Å². The molecule has 4 fully saturated rings. The second kappa shape index (κ2) is 7.22. The van der Waals surface area contributed by atoms with Crippen LogP contribution in [0, 0.1) is 23.2 Å². The normalized spacial score (nSPS) is 31.7. The van der Waals surface area contributed by atoms with Crippen molar-refractivity contribution in [2.45, 2.75) is 57.8 Å². The van der Waals surface area contributed by atoms with Gasteiger partial charge in [0.15, 0.2) is 0 Å². The van der Waals surface area contributed by atoms with Crippen molar-refractivity contribution >= 4 is 23.4 Å². The zero-order valence-electron chi connectivity index (χ0n) is 15.1. The van der Waals surface area contributed by atoms with Crippen molar-refractivity contribution in [2.24, 2.45) is 23.2 Å². The van der Waals surface area contributed by atoms with Crippen LogP contribution in [0.2, 0.25) is 5.02 Å². The third kappa shape index (κ3) is 3.90. The standard InChI is InChI=1S/C21H27ClN2O2/c22-18-4-2-1-3-17(18)5-6-19(25)23-24-20(26)13-21-10-14-7-15(11-21)9-16(8-14)12-21/h1-4,14-16H,5-13H2,(H,23,25)(H,24,26). The smallest absolute Gasteiger partial charge is 0.238 e. The number of aryl methyl sites for hydroxylation is 1. The Hall–Kier alpha value is -1.55. The van der Waals surface area contributed by atoms with Gasteiger partial charge in [0.25, 0.3) is 0 Å². The number of hydrazine groups is 1. The summed E-state index contributed by atoms with van der Waals surface area (Å²) < 4.78 is 0. The molecule has 5 rings (SSSR count). The fraction of sp³-hybridized carbons (Fsp3) is 0.619. The van der Waals surface area contributed by atoms with Gasteiger partial charge in [-0.25, -0.2) is 0 Å². The topological polar surface area (TPSA) is 58.2 Å². The first-order chi connectivity index (χ1) is 12.5. The predicted molar refractivity (Wildman–Crippen MR) is 101 cm³/mol. The van der Waals surface area contributed by atoms with E-state index in [2.05, 4.69) is 10.9 Å². The number of amides is 2. The van der Waals surface area contributed by atoms with Crippen molar-refractivity contribution in [3.63, 3.8) is 0 Å². The molecule has 0 aromatic heterocycles. The van der Waals surface area contributed by atoms with E-state index in [1.165, 1.54) is 38.5 Å². The second-order valence-electron chi connectivity index (χ2n) is 8.78. The fourth-order valence-electron chi connectivity index (χ4n) is 6.04. The van der Waals surface area contributed by atoms with E-state index in [4.69, 9.17) is 11.6 Å². The van der Waals surface area contributed by atoms with Crippen LogP contribution in [0.15, 0.2) is 24.3 Å². The summed E-state index contributed by atoms with van der Waals surface area (Å²) in [4.78, 5) is 24.4. The molecule has 4 saturated carbocycles. The van der Waals surface area contributed by atoms with E-state index in [1.54, 1.807) is 0 Å². The van der Waals surface area contributed by atoms with Gasteiger partial charge in [-0.05, 0) is 79.7 Å². The van der Waals surface area contributed by atoms with Crippen molar-refractivity contribution in [2.75, 3.05) is 0 Å². The molecule has 1 aromatic carbocycles. The molecule has 2 amide bonds. The van der Waals surface area contributed by atoms with Crippen LogP contribution in [0.25, 0.3) is 0 Å². The highest BCUT2D eigenvalue weighted by Crippen LogP contribution is 2.61. The summed E-state index contributed by atoms with van der Waals surface area (Å²) in [6.45, 7) is 0. The van der Waals surface area contributed by atoms with Crippen molar-refractivity contribution in [1.82, 2.24) is 10.9 Å². The Kier molecular flexibility index (Phi) is 4.96. The molecule has 0 radical (unpaired) electrons. The van der Waals surface area contributed by atoms with E-state index in [-0.39, 0.29) is 17.2 Å². The third-order valence-corrected chi connectivity index (χ3v) is 6.99. The molecule has 0 atom stereocenters. The molecule has 4 bridgehead atoms. The molecule has 0 saturated heterocycles. The van der Waals surface area contributed by atoms with E-state index in [1.807, 2.05) is 24.3 Å². The minimum Gasteiger partial charge on any atom is -0.273 e. The van der Waals surface area contributed by atoms with E-state index in [0.29, 0.717) is 24.3 Å². The molecule has 4 nitrogen and oxygen atoms in total. The van der Waals surface area contributed by atoms with Gasteiger partial charge in [-0.1, -0.05) is 29.8 Å². The molecule has 0 unspecified atom stereocenters. The van der Waals surface area contributed by atoms with Crippen molar-refractivity contribution in [1.29, 1.82) is 0 Å². The Morgan fingerprint density at radius 1 is 0.962 bits per heavy atom. The van der Waals surface area contributed by atoms with Crippen LogP contribution in [0.1, 0.15) is 56.9 Å². The quantitative estimate of drug-likeness (QED) is 0.764. The first-order valence-electron chi connectivity index (χ1n) is 9.82. The Bertz CT molecular complexity index is 668. The van der Waals surface area contributed by atoms with Gasteiger partial charge in [-0.15, -0.1) is 0 Å². The van der Waals surface area contributed by atoms with E-state index >= 15 is 0 Å². The number of hydrogen-bond acceptors (Lipinski definition) is 2. The van der Waals surface area contributed by atoms with E-state index < -0.39 is 0 Å². The fourth-order valence-corrected chi connectivity index (χ4v) is 6.27.